The fraction of sp³-hybridized carbons (Fsp3) is 0.308. The molecule has 0 aliphatic rings. The van der Waals surface area contributed by atoms with Crippen molar-refractivity contribution >= 4 is 27.5 Å². The molecule has 0 atom stereocenters. The second kappa shape index (κ2) is 6.97. The minimum Gasteiger partial charge on any atom is -0.481 e. The molecule has 0 unspecified atom stereocenters. The predicted octanol–water partition coefficient (Wildman–Crippen LogP) is 3.03. The Hall–Kier alpha value is -1.24. The molecule has 2 heterocycles. The Labute approximate surface area is 130 Å². The van der Waals surface area contributed by atoms with E-state index in [0.717, 1.165) is 11.3 Å². The molecule has 0 spiro atoms. The van der Waals surface area contributed by atoms with Gasteiger partial charge in [-0.25, -0.2) is 15.0 Å². The molecule has 106 valence electrons. The highest BCUT2D eigenvalue weighted by atomic mass is 79.9. The predicted molar refractivity (Wildman–Crippen MR) is 79.1 cm³/mol. The normalized spacial score (nSPS) is 10.6. The Morgan fingerprint density at radius 2 is 2.05 bits per heavy atom. The molecule has 0 aliphatic heterocycles. The van der Waals surface area contributed by atoms with Gasteiger partial charge in [0.2, 0.25) is 5.88 Å². The molecule has 0 aliphatic carbocycles. The Morgan fingerprint density at radius 3 is 2.65 bits per heavy atom. The lowest BCUT2D eigenvalue weighted by atomic mass is 10.2. The monoisotopic (exact) mass is 357 g/mol. The molecule has 20 heavy (non-hydrogen) atoms. The highest BCUT2D eigenvalue weighted by molar-refractivity contribution is 9.10. The molecule has 0 radical (unpaired) electrons. The number of hydrogen-bond donors (Lipinski definition) is 0. The first-order valence-corrected chi connectivity index (χ1v) is 6.99. The summed E-state index contributed by atoms with van der Waals surface area (Å²) in [5.74, 6) is 1.20. The van der Waals surface area contributed by atoms with Crippen LogP contribution >= 0.6 is 27.5 Å². The van der Waals surface area contributed by atoms with Crippen molar-refractivity contribution in [2.75, 3.05) is 14.2 Å². The Kier molecular flexibility index (Phi) is 5.28. The van der Waals surface area contributed by atoms with Gasteiger partial charge in [0.25, 0.3) is 0 Å². The molecule has 2 aromatic rings. The number of ether oxygens (including phenoxy) is 2. The standard InChI is InChI=1S/C13H13BrClN3O2/c1-19-7-9-12(14)13(15)18-10(17-9)5-8-3-4-11(20-2)16-6-8/h3-4,6H,5,7H2,1-2H3. The van der Waals surface area contributed by atoms with Gasteiger partial charge in [0.15, 0.2) is 0 Å². The van der Waals surface area contributed by atoms with Crippen molar-refractivity contribution < 1.29 is 9.47 Å². The quantitative estimate of drug-likeness (QED) is 0.769. The summed E-state index contributed by atoms with van der Waals surface area (Å²) in [6.07, 6.45) is 2.27. The number of nitrogens with zero attached hydrogens (tertiary/aromatic N) is 3. The number of pyridine rings is 1. The Morgan fingerprint density at radius 1 is 1.25 bits per heavy atom. The first-order valence-electron chi connectivity index (χ1n) is 5.82. The zero-order valence-corrected chi connectivity index (χ0v) is 13.4. The average molecular weight is 359 g/mol. The van der Waals surface area contributed by atoms with Crippen LogP contribution in [0.2, 0.25) is 5.15 Å². The lowest BCUT2D eigenvalue weighted by Crippen LogP contribution is -2.04. The third kappa shape index (κ3) is 3.65. The topological polar surface area (TPSA) is 57.1 Å². The van der Waals surface area contributed by atoms with Crippen LogP contribution in [0.4, 0.5) is 0 Å². The maximum Gasteiger partial charge on any atom is 0.212 e. The molecular formula is C13H13BrClN3O2. The van der Waals surface area contributed by atoms with Crippen molar-refractivity contribution in [2.24, 2.45) is 0 Å². The van der Waals surface area contributed by atoms with E-state index in [-0.39, 0.29) is 0 Å². The summed E-state index contributed by atoms with van der Waals surface area (Å²) >= 11 is 9.43. The summed E-state index contributed by atoms with van der Waals surface area (Å²) in [5.41, 5.74) is 1.71. The fourth-order valence-electron chi connectivity index (χ4n) is 1.64. The van der Waals surface area contributed by atoms with Gasteiger partial charge in [-0.15, -0.1) is 0 Å². The lowest BCUT2D eigenvalue weighted by molar-refractivity contribution is 0.180. The molecule has 0 saturated heterocycles. The first kappa shape index (κ1) is 15.2. The molecule has 0 N–H and O–H groups in total. The molecule has 0 fully saturated rings. The van der Waals surface area contributed by atoms with Gasteiger partial charge < -0.3 is 9.47 Å². The number of aromatic nitrogens is 3. The van der Waals surface area contributed by atoms with Gasteiger partial charge in [-0.3, -0.25) is 0 Å². The summed E-state index contributed by atoms with van der Waals surface area (Å²) in [4.78, 5) is 12.8. The lowest BCUT2D eigenvalue weighted by Gasteiger charge is -2.08. The number of rotatable bonds is 5. The van der Waals surface area contributed by atoms with E-state index in [1.165, 1.54) is 0 Å². The van der Waals surface area contributed by atoms with Crippen molar-refractivity contribution in [3.63, 3.8) is 0 Å². The van der Waals surface area contributed by atoms with E-state index >= 15 is 0 Å². The van der Waals surface area contributed by atoms with Gasteiger partial charge in [0.1, 0.15) is 11.0 Å². The maximum atomic E-state index is 6.08. The fourth-order valence-corrected chi connectivity index (χ4v) is 2.14. The van der Waals surface area contributed by atoms with E-state index in [0.29, 0.717) is 34.4 Å². The van der Waals surface area contributed by atoms with Crippen molar-refractivity contribution in [3.05, 3.63) is 45.0 Å². The first-order chi connectivity index (χ1) is 9.63. The van der Waals surface area contributed by atoms with E-state index in [2.05, 4.69) is 30.9 Å². The molecule has 2 rings (SSSR count). The van der Waals surface area contributed by atoms with Crippen LogP contribution in [0, 0.1) is 0 Å². The van der Waals surface area contributed by atoms with Crippen LogP contribution in [-0.4, -0.2) is 29.2 Å². The van der Waals surface area contributed by atoms with E-state index in [9.17, 15) is 0 Å². The number of methoxy groups -OCH3 is 2. The minimum atomic E-state index is 0.372. The van der Waals surface area contributed by atoms with E-state index in [4.69, 9.17) is 21.1 Å². The van der Waals surface area contributed by atoms with Crippen LogP contribution in [0.3, 0.4) is 0 Å². The summed E-state index contributed by atoms with van der Waals surface area (Å²) in [6.45, 7) is 0.372. The molecule has 5 nitrogen and oxygen atoms in total. The van der Waals surface area contributed by atoms with Gasteiger partial charge in [-0.1, -0.05) is 17.7 Å². The molecule has 7 heteroatoms. The highest BCUT2D eigenvalue weighted by Crippen LogP contribution is 2.24. The third-order valence-electron chi connectivity index (χ3n) is 2.58. The molecule has 2 aromatic heterocycles. The molecule has 0 saturated carbocycles. The van der Waals surface area contributed by atoms with Gasteiger partial charge in [0, 0.05) is 25.8 Å². The van der Waals surface area contributed by atoms with Gasteiger partial charge in [-0.05, 0) is 21.5 Å². The molecule has 0 amide bonds. The van der Waals surface area contributed by atoms with Gasteiger partial charge >= 0.3 is 0 Å². The number of halogens is 2. The summed E-state index contributed by atoms with van der Waals surface area (Å²) in [6, 6.07) is 3.72. The smallest absolute Gasteiger partial charge is 0.212 e. The van der Waals surface area contributed by atoms with E-state index in [1.54, 1.807) is 26.5 Å². The average Bonchev–Trinajstić information content (AvgIpc) is 2.45. The van der Waals surface area contributed by atoms with Crippen molar-refractivity contribution in [3.8, 4) is 5.88 Å². The summed E-state index contributed by atoms with van der Waals surface area (Å²) in [7, 11) is 3.19. The summed E-state index contributed by atoms with van der Waals surface area (Å²) in [5, 5.41) is 0.378. The van der Waals surface area contributed by atoms with Crippen LogP contribution in [-0.2, 0) is 17.8 Å². The number of hydrogen-bond acceptors (Lipinski definition) is 5. The minimum absolute atomic E-state index is 0.372. The van der Waals surface area contributed by atoms with Crippen LogP contribution in [0.1, 0.15) is 17.1 Å². The van der Waals surface area contributed by atoms with Crippen LogP contribution in [0.15, 0.2) is 22.8 Å². The van der Waals surface area contributed by atoms with Gasteiger partial charge in [0.05, 0.1) is 23.9 Å². The van der Waals surface area contributed by atoms with E-state index < -0.39 is 0 Å². The summed E-state index contributed by atoms with van der Waals surface area (Å²) < 4.78 is 10.8. The SMILES string of the molecule is COCc1nc(Cc2ccc(OC)nc2)nc(Cl)c1Br. The third-order valence-corrected chi connectivity index (χ3v) is 3.91. The van der Waals surface area contributed by atoms with Crippen molar-refractivity contribution in [2.45, 2.75) is 13.0 Å². The molecule has 0 bridgehead atoms. The largest absolute Gasteiger partial charge is 0.481 e. The second-order valence-corrected chi connectivity index (χ2v) is 5.16. The van der Waals surface area contributed by atoms with Crippen LogP contribution in [0.5, 0.6) is 5.88 Å². The molecular weight excluding hydrogens is 346 g/mol. The Balaban J connectivity index is 2.23. The zero-order valence-electron chi connectivity index (χ0n) is 11.1. The highest BCUT2D eigenvalue weighted by Gasteiger charge is 2.11. The zero-order chi connectivity index (χ0) is 14.5. The second-order valence-electron chi connectivity index (χ2n) is 4.01. The van der Waals surface area contributed by atoms with Crippen LogP contribution < -0.4 is 4.74 Å². The van der Waals surface area contributed by atoms with Gasteiger partial charge in [-0.2, -0.15) is 0 Å². The van der Waals surface area contributed by atoms with Crippen molar-refractivity contribution in [1.29, 1.82) is 0 Å². The Bertz CT molecular complexity index is 593. The molecule has 0 aromatic carbocycles. The maximum absolute atomic E-state index is 6.08. The van der Waals surface area contributed by atoms with E-state index in [1.807, 2.05) is 6.07 Å². The van der Waals surface area contributed by atoms with Crippen molar-refractivity contribution in [1.82, 2.24) is 15.0 Å². The van der Waals surface area contributed by atoms with Crippen LogP contribution in [0.25, 0.3) is 0 Å².